The SMILES string of the molecule is c1ccc(-n2c3cccnc3c3nc4c5ncccc5n(-c5cccnc5)c4cc32)cc1. The van der Waals surface area contributed by atoms with Crippen LogP contribution in [0.15, 0.2) is 97.6 Å². The molecule has 0 unspecified atom stereocenters. The summed E-state index contributed by atoms with van der Waals surface area (Å²) in [7, 11) is 0. The highest BCUT2D eigenvalue weighted by molar-refractivity contribution is 6.13. The zero-order chi connectivity index (χ0) is 21.1. The van der Waals surface area contributed by atoms with Crippen LogP contribution < -0.4 is 0 Å². The van der Waals surface area contributed by atoms with Crippen LogP contribution in [0.5, 0.6) is 0 Å². The lowest BCUT2D eigenvalue weighted by molar-refractivity contribution is 1.13. The Morgan fingerprint density at radius 1 is 0.500 bits per heavy atom. The van der Waals surface area contributed by atoms with Crippen LogP contribution in [0, 0.1) is 0 Å². The maximum absolute atomic E-state index is 5.14. The minimum atomic E-state index is 0.856. The summed E-state index contributed by atoms with van der Waals surface area (Å²) in [4.78, 5) is 18.8. The normalized spacial score (nSPS) is 11.8. The predicted molar refractivity (Wildman–Crippen MR) is 126 cm³/mol. The topological polar surface area (TPSA) is 61.4 Å². The molecule has 7 rings (SSSR count). The molecule has 0 bridgehead atoms. The first kappa shape index (κ1) is 17.1. The van der Waals surface area contributed by atoms with E-state index in [0.717, 1.165) is 55.5 Å². The summed E-state index contributed by atoms with van der Waals surface area (Å²) in [5, 5.41) is 0. The quantitative estimate of drug-likeness (QED) is 0.378. The summed E-state index contributed by atoms with van der Waals surface area (Å²) in [5.74, 6) is 0. The van der Waals surface area contributed by atoms with Crippen LogP contribution in [0.2, 0.25) is 0 Å². The van der Waals surface area contributed by atoms with E-state index in [-0.39, 0.29) is 0 Å². The second-order valence-electron chi connectivity index (χ2n) is 7.68. The molecule has 1 aromatic carbocycles. The molecule has 6 heteroatoms. The Hall–Kier alpha value is -4.58. The van der Waals surface area contributed by atoms with Crippen LogP contribution in [0.4, 0.5) is 0 Å². The fourth-order valence-corrected chi connectivity index (χ4v) is 4.58. The van der Waals surface area contributed by atoms with Gasteiger partial charge in [0.15, 0.2) is 0 Å². The monoisotopic (exact) mass is 412 g/mol. The third-order valence-corrected chi connectivity index (χ3v) is 5.89. The Bertz CT molecular complexity index is 1640. The van der Waals surface area contributed by atoms with Gasteiger partial charge in [-0.1, -0.05) is 18.2 Å². The lowest BCUT2D eigenvalue weighted by Crippen LogP contribution is -1.96. The Morgan fingerprint density at radius 2 is 1.09 bits per heavy atom. The fraction of sp³-hybridized carbons (Fsp3) is 0. The van der Waals surface area contributed by atoms with Crippen molar-refractivity contribution in [1.82, 2.24) is 29.1 Å². The first-order valence-electron chi connectivity index (χ1n) is 10.4. The molecular formula is C26H16N6. The molecular weight excluding hydrogens is 396 g/mol. The number of para-hydroxylation sites is 1. The summed E-state index contributed by atoms with van der Waals surface area (Å²) < 4.78 is 4.40. The number of hydrogen-bond acceptors (Lipinski definition) is 4. The molecule has 0 aliphatic heterocycles. The second-order valence-corrected chi connectivity index (χ2v) is 7.68. The lowest BCUT2D eigenvalue weighted by atomic mass is 10.2. The van der Waals surface area contributed by atoms with Gasteiger partial charge < -0.3 is 9.13 Å². The van der Waals surface area contributed by atoms with Gasteiger partial charge in [-0.25, -0.2) is 4.98 Å². The Morgan fingerprint density at radius 3 is 1.72 bits per heavy atom. The maximum Gasteiger partial charge on any atom is 0.116 e. The van der Waals surface area contributed by atoms with E-state index in [2.05, 4.69) is 60.5 Å². The molecule has 150 valence electrons. The van der Waals surface area contributed by atoms with Gasteiger partial charge in [-0.05, 0) is 54.6 Å². The van der Waals surface area contributed by atoms with Crippen molar-refractivity contribution in [3.8, 4) is 11.4 Å². The Balaban J connectivity index is 1.71. The summed E-state index contributed by atoms with van der Waals surface area (Å²) >= 11 is 0. The fourth-order valence-electron chi connectivity index (χ4n) is 4.58. The number of aromatic nitrogens is 6. The van der Waals surface area contributed by atoms with E-state index in [1.807, 2.05) is 55.0 Å². The molecule has 0 aliphatic carbocycles. The molecule has 0 fully saturated rings. The third kappa shape index (κ3) is 2.29. The molecule has 0 amide bonds. The van der Waals surface area contributed by atoms with Crippen molar-refractivity contribution in [2.75, 3.05) is 0 Å². The van der Waals surface area contributed by atoms with E-state index in [1.165, 1.54) is 0 Å². The molecule has 7 aromatic rings. The third-order valence-electron chi connectivity index (χ3n) is 5.89. The molecule has 6 aromatic heterocycles. The summed E-state index contributed by atoms with van der Waals surface area (Å²) in [6.07, 6.45) is 7.28. The number of rotatable bonds is 2. The number of benzene rings is 1. The van der Waals surface area contributed by atoms with Crippen molar-refractivity contribution in [3.05, 3.63) is 97.6 Å². The second kappa shape index (κ2) is 6.46. The highest BCUT2D eigenvalue weighted by atomic mass is 15.1. The zero-order valence-corrected chi connectivity index (χ0v) is 16.9. The van der Waals surface area contributed by atoms with Gasteiger partial charge in [-0.15, -0.1) is 0 Å². The Labute approximate surface area is 182 Å². The molecule has 0 atom stereocenters. The van der Waals surface area contributed by atoms with Gasteiger partial charge in [0.1, 0.15) is 22.1 Å². The molecule has 0 saturated carbocycles. The van der Waals surface area contributed by atoms with E-state index < -0.39 is 0 Å². The van der Waals surface area contributed by atoms with E-state index in [0.29, 0.717) is 0 Å². The molecule has 6 nitrogen and oxygen atoms in total. The maximum atomic E-state index is 5.14. The summed E-state index contributed by atoms with van der Waals surface area (Å²) in [6, 6.07) is 24.6. The molecule has 6 heterocycles. The number of nitrogens with zero attached hydrogens (tertiary/aromatic N) is 6. The molecule has 0 radical (unpaired) electrons. The first-order chi connectivity index (χ1) is 15.9. The van der Waals surface area contributed by atoms with Crippen LogP contribution >= 0.6 is 0 Å². The van der Waals surface area contributed by atoms with E-state index in [1.54, 1.807) is 6.20 Å². The van der Waals surface area contributed by atoms with Gasteiger partial charge in [-0.2, -0.15) is 0 Å². The molecule has 0 aliphatic rings. The lowest BCUT2D eigenvalue weighted by Gasteiger charge is -2.08. The average Bonchev–Trinajstić information content (AvgIpc) is 3.36. The van der Waals surface area contributed by atoms with Crippen LogP contribution in [-0.2, 0) is 0 Å². The number of fused-ring (bicyclic) bond motifs is 6. The van der Waals surface area contributed by atoms with E-state index >= 15 is 0 Å². The predicted octanol–water partition coefficient (Wildman–Crippen LogP) is 5.46. The van der Waals surface area contributed by atoms with Gasteiger partial charge in [0.25, 0.3) is 0 Å². The van der Waals surface area contributed by atoms with Crippen molar-refractivity contribution in [2.45, 2.75) is 0 Å². The van der Waals surface area contributed by atoms with E-state index in [9.17, 15) is 0 Å². The minimum absolute atomic E-state index is 0.856. The van der Waals surface area contributed by atoms with Gasteiger partial charge in [0, 0.05) is 24.3 Å². The van der Waals surface area contributed by atoms with Crippen LogP contribution in [0.1, 0.15) is 0 Å². The summed E-state index contributed by atoms with van der Waals surface area (Å²) in [6.45, 7) is 0. The number of hydrogen-bond donors (Lipinski definition) is 0. The van der Waals surface area contributed by atoms with Crippen LogP contribution in [0.25, 0.3) is 55.5 Å². The highest BCUT2D eigenvalue weighted by Gasteiger charge is 2.20. The first-order valence-corrected chi connectivity index (χ1v) is 10.4. The van der Waals surface area contributed by atoms with Crippen LogP contribution in [0.3, 0.4) is 0 Å². The molecule has 0 N–H and O–H groups in total. The van der Waals surface area contributed by atoms with Gasteiger partial charge in [0.2, 0.25) is 0 Å². The Kier molecular flexibility index (Phi) is 3.46. The zero-order valence-electron chi connectivity index (χ0n) is 16.9. The van der Waals surface area contributed by atoms with Gasteiger partial charge in [-0.3, -0.25) is 15.0 Å². The highest BCUT2D eigenvalue weighted by Crippen LogP contribution is 2.35. The van der Waals surface area contributed by atoms with Crippen molar-refractivity contribution in [2.24, 2.45) is 0 Å². The van der Waals surface area contributed by atoms with Gasteiger partial charge >= 0.3 is 0 Å². The molecule has 0 saturated heterocycles. The van der Waals surface area contributed by atoms with Crippen molar-refractivity contribution < 1.29 is 0 Å². The van der Waals surface area contributed by atoms with Crippen LogP contribution in [-0.4, -0.2) is 29.1 Å². The van der Waals surface area contributed by atoms with Gasteiger partial charge in [0.05, 0.1) is 34.0 Å². The average molecular weight is 412 g/mol. The standard InChI is InChI=1S/C26H16N6/c1-2-7-17(8-3-1)31-19-10-5-13-28-23(19)25-21(31)15-22-26(30-25)24-20(11-6-14-29-24)32(22)18-9-4-12-27-16-18/h1-16H. The molecule has 0 spiro atoms. The van der Waals surface area contributed by atoms with Crippen molar-refractivity contribution in [1.29, 1.82) is 0 Å². The van der Waals surface area contributed by atoms with Crippen molar-refractivity contribution in [3.63, 3.8) is 0 Å². The largest absolute Gasteiger partial charge is 0.306 e. The number of pyridine rings is 4. The minimum Gasteiger partial charge on any atom is -0.306 e. The van der Waals surface area contributed by atoms with E-state index in [4.69, 9.17) is 4.98 Å². The van der Waals surface area contributed by atoms with Crippen molar-refractivity contribution >= 4 is 44.1 Å². The molecule has 32 heavy (non-hydrogen) atoms. The smallest absolute Gasteiger partial charge is 0.116 e. The summed E-state index contributed by atoms with van der Waals surface area (Å²) in [5.41, 5.74) is 9.53.